The van der Waals surface area contributed by atoms with Crippen molar-refractivity contribution in [2.24, 2.45) is 0 Å². The summed E-state index contributed by atoms with van der Waals surface area (Å²) in [5.41, 5.74) is 6.59. The highest BCUT2D eigenvalue weighted by Gasteiger charge is 2.26. The third-order valence-electron chi connectivity index (χ3n) is 5.78. The van der Waals surface area contributed by atoms with Gasteiger partial charge in [0.05, 0.1) is 12.0 Å². The van der Waals surface area contributed by atoms with Gasteiger partial charge in [0.25, 0.3) is 0 Å². The molecule has 1 aromatic carbocycles. The lowest BCUT2D eigenvalue weighted by Gasteiger charge is -2.31. The number of carbonyl (C=O) groups is 2. The molecule has 3 rings (SSSR count). The fraction of sp³-hybridized carbons (Fsp3) is 0.435. The van der Waals surface area contributed by atoms with Crippen LogP contribution in [0.15, 0.2) is 36.5 Å². The van der Waals surface area contributed by atoms with Crippen LogP contribution in [0.4, 0.5) is 14.6 Å². The number of rotatable bonds is 8. The summed E-state index contributed by atoms with van der Waals surface area (Å²) in [6.45, 7) is 3.70. The van der Waals surface area contributed by atoms with Crippen molar-refractivity contribution in [3.05, 3.63) is 59.3 Å². The molecule has 0 spiro atoms. The zero-order valence-electron chi connectivity index (χ0n) is 18.1. The van der Waals surface area contributed by atoms with Crippen molar-refractivity contribution in [2.75, 3.05) is 25.4 Å². The Morgan fingerprint density at radius 2 is 1.81 bits per heavy atom. The van der Waals surface area contributed by atoms with Gasteiger partial charge in [0.2, 0.25) is 11.8 Å². The summed E-state index contributed by atoms with van der Waals surface area (Å²) in [5, 5.41) is 5.58. The van der Waals surface area contributed by atoms with Crippen LogP contribution in [0.3, 0.4) is 0 Å². The first-order valence-corrected chi connectivity index (χ1v) is 10.8. The number of aromatic nitrogens is 1. The molecule has 0 saturated carbocycles. The van der Waals surface area contributed by atoms with Gasteiger partial charge in [-0.15, -0.1) is 0 Å². The molecule has 1 fully saturated rings. The molecule has 2 atom stereocenters. The smallest absolute Gasteiger partial charge is 0.237 e. The molecule has 7 nitrogen and oxygen atoms in total. The number of amides is 2. The number of piperidine rings is 1. The van der Waals surface area contributed by atoms with Gasteiger partial charge in [0, 0.05) is 19.3 Å². The Bertz CT molecular complexity index is 932. The number of pyridine rings is 1. The average molecular weight is 446 g/mol. The minimum atomic E-state index is -1.05. The van der Waals surface area contributed by atoms with Crippen LogP contribution >= 0.6 is 0 Å². The number of benzene rings is 1. The normalized spacial score (nSPS) is 16.2. The van der Waals surface area contributed by atoms with Crippen molar-refractivity contribution in [3.8, 4) is 0 Å². The van der Waals surface area contributed by atoms with E-state index in [1.165, 1.54) is 6.07 Å². The maximum absolute atomic E-state index is 13.8. The van der Waals surface area contributed by atoms with Gasteiger partial charge < -0.3 is 16.4 Å². The van der Waals surface area contributed by atoms with E-state index < -0.39 is 23.5 Å². The number of halogens is 2. The van der Waals surface area contributed by atoms with E-state index in [4.69, 9.17) is 5.73 Å². The van der Waals surface area contributed by atoms with Gasteiger partial charge in [-0.1, -0.05) is 18.6 Å². The predicted molar refractivity (Wildman–Crippen MR) is 117 cm³/mol. The molecule has 1 aromatic heterocycles. The molecule has 0 aliphatic carbocycles. The number of carbonyl (C=O) groups excluding carboxylic acids is 2. The molecule has 1 saturated heterocycles. The Labute approximate surface area is 186 Å². The number of likely N-dealkylation sites (tertiary alicyclic amines) is 1. The van der Waals surface area contributed by atoms with E-state index in [2.05, 4.69) is 20.5 Å². The van der Waals surface area contributed by atoms with Crippen molar-refractivity contribution in [1.29, 1.82) is 0 Å². The topological polar surface area (TPSA) is 100 Å². The van der Waals surface area contributed by atoms with E-state index >= 15 is 0 Å². The molecular weight excluding hydrogens is 416 g/mol. The van der Waals surface area contributed by atoms with Crippen LogP contribution in [0.1, 0.15) is 43.2 Å². The number of nitrogen functional groups attached to an aromatic ring is 1. The lowest BCUT2D eigenvalue weighted by Crippen LogP contribution is -2.48. The SMILES string of the molecule is CC(C(=O)NC[C@H](C(=O)NCc1ccc(N)nc1)c1ccc(F)c(F)c1)N1CCCCC1. The monoisotopic (exact) mass is 445 g/mol. The maximum atomic E-state index is 13.8. The summed E-state index contributed by atoms with van der Waals surface area (Å²) < 4.78 is 27.3. The fourth-order valence-corrected chi connectivity index (χ4v) is 3.77. The second-order valence-corrected chi connectivity index (χ2v) is 8.05. The summed E-state index contributed by atoms with van der Waals surface area (Å²) >= 11 is 0. The summed E-state index contributed by atoms with van der Waals surface area (Å²) in [6.07, 6.45) is 4.81. The highest BCUT2D eigenvalue weighted by molar-refractivity contribution is 5.86. The van der Waals surface area contributed by atoms with Gasteiger partial charge >= 0.3 is 0 Å². The van der Waals surface area contributed by atoms with E-state index in [9.17, 15) is 18.4 Å². The summed E-state index contributed by atoms with van der Waals surface area (Å²) in [6, 6.07) is 6.35. The molecule has 1 unspecified atom stereocenters. The Balaban J connectivity index is 1.68. The van der Waals surface area contributed by atoms with Crippen molar-refractivity contribution in [1.82, 2.24) is 20.5 Å². The van der Waals surface area contributed by atoms with Crippen molar-refractivity contribution in [3.63, 3.8) is 0 Å². The average Bonchev–Trinajstić information content (AvgIpc) is 2.81. The number of anilines is 1. The van der Waals surface area contributed by atoms with Crippen LogP contribution in [-0.4, -0.2) is 47.4 Å². The van der Waals surface area contributed by atoms with E-state index in [1.807, 2.05) is 6.92 Å². The largest absolute Gasteiger partial charge is 0.384 e. The second-order valence-electron chi connectivity index (χ2n) is 8.05. The molecule has 32 heavy (non-hydrogen) atoms. The second kappa shape index (κ2) is 11.0. The molecule has 172 valence electrons. The third-order valence-corrected chi connectivity index (χ3v) is 5.78. The van der Waals surface area contributed by atoms with Crippen LogP contribution in [0.25, 0.3) is 0 Å². The van der Waals surface area contributed by atoms with Gasteiger partial charge in [-0.25, -0.2) is 13.8 Å². The van der Waals surface area contributed by atoms with Crippen molar-refractivity contribution in [2.45, 2.75) is 44.7 Å². The number of nitrogens with two attached hydrogens (primary N) is 1. The Morgan fingerprint density at radius 3 is 2.47 bits per heavy atom. The van der Waals surface area contributed by atoms with Crippen molar-refractivity contribution < 1.29 is 18.4 Å². The standard InChI is InChI=1S/C23H29F2N5O2/c1-15(30-9-3-2-4-10-30)22(31)29-14-18(17-6-7-19(24)20(25)11-17)23(32)28-13-16-5-8-21(26)27-12-16/h5-8,11-12,15,18H,2-4,9-10,13-14H2,1H3,(H2,26,27)(H,28,32)(H,29,31)/t15?,18-/m0/s1. The first kappa shape index (κ1) is 23.6. The predicted octanol–water partition coefficient (Wildman–Crippen LogP) is 2.33. The molecule has 2 amide bonds. The van der Waals surface area contributed by atoms with Crippen LogP contribution in [0.5, 0.6) is 0 Å². The molecular formula is C23H29F2N5O2. The van der Waals surface area contributed by atoms with Gasteiger partial charge in [-0.2, -0.15) is 0 Å². The van der Waals surface area contributed by atoms with Gasteiger partial charge in [-0.05, 0) is 62.2 Å². The fourth-order valence-electron chi connectivity index (χ4n) is 3.77. The molecule has 0 bridgehead atoms. The first-order chi connectivity index (χ1) is 15.3. The molecule has 0 radical (unpaired) electrons. The summed E-state index contributed by atoms with van der Waals surface area (Å²) in [7, 11) is 0. The Kier molecular flexibility index (Phi) is 8.10. The zero-order chi connectivity index (χ0) is 23.1. The van der Waals surface area contributed by atoms with Crippen LogP contribution < -0.4 is 16.4 Å². The highest BCUT2D eigenvalue weighted by Crippen LogP contribution is 2.19. The van der Waals surface area contributed by atoms with Crippen LogP contribution in [-0.2, 0) is 16.1 Å². The lowest BCUT2D eigenvalue weighted by atomic mass is 9.97. The molecule has 2 aromatic rings. The molecule has 1 aliphatic heterocycles. The number of nitrogens with zero attached hydrogens (tertiary/aromatic N) is 2. The van der Waals surface area contributed by atoms with Gasteiger partial charge in [-0.3, -0.25) is 14.5 Å². The molecule has 9 heteroatoms. The van der Waals surface area contributed by atoms with Gasteiger partial charge in [0.15, 0.2) is 11.6 Å². The maximum Gasteiger partial charge on any atom is 0.237 e. The van der Waals surface area contributed by atoms with Crippen molar-refractivity contribution >= 4 is 17.6 Å². The Hall–Kier alpha value is -3.07. The minimum absolute atomic E-state index is 0.0338. The van der Waals surface area contributed by atoms with Crippen LogP contribution in [0.2, 0.25) is 0 Å². The quantitative estimate of drug-likeness (QED) is 0.579. The summed E-state index contributed by atoms with van der Waals surface area (Å²) in [5.74, 6) is -3.18. The number of nitrogens with one attached hydrogen (secondary N) is 2. The van der Waals surface area contributed by atoms with Crippen LogP contribution in [0, 0.1) is 11.6 Å². The van der Waals surface area contributed by atoms with Gasteiger partial charge in [0.1, 0.15) is 5.82 Å². The highest BCUT2D eigenvalue weighted by atomic mass is 19.2. The lowest BCUT2D eigenvalue weighted by molar-refractivity contribution is -0.126. The molecule has 2 heterocycles. The number of hydrogen-bond donors (Lipinski definition) is 3. The molecule has 4 N–H and O–H groups in total. The van der Waals surface area contributed by atoms with E-state index in [0.29, 0.717) is 5.82 Å². The zero-order valence-corrected chi connectivity index (χ0v) is 18.1. The van der Waals surface area contributed by atoms with E-state index in [-0.39, 0.29) is 30.6 Å². The summed E-state index contributed by atoms with van der Waals surface area (Å²) in [4.78, 5) is 31.7. The van der Waals surface area contributed by atoms with E-state index in [1.54, 1.807) is 18.3 Å². The molecule has 1 aliphatic rings. The van der Waals surface area contributed by atoms with E-state index in [0.717, 1.165) is 50.0 Å². The minimum Gasteiger partial charge on any atom is -0.384 e. The first-order valence-electron chi connectivity index (χ1n) is 10.8. The number of hydrogen-bond acceptors (Lipinski definition) is 5. The third kappa shape index (κ3) is 6.23. The Morgan fingerprint density at radius 1 is 1.06 bits per heavy atom.